The number of hydrazone groups is 1. The lowest BCUT2D eigenvalue weighted by Gasteiger charge is -2.25. The number of carbonyl (C=O) groups is 1. The van der Waals surface area contributed by atoms with Crippen molar-refractivity contribution in [3.05, 3.63) is 59.5 Å². The molecule has 1 aromatic heterocycles. The molecule has 1 N–H and O–H groups in total. The van der Waals surface area contributed by atoms with Crippen LogP contribution in [0.15, 0.2) is 52.2 Å². The van der Waals surface area contributed by atoms with Crippen LogP contribution in [0, 0.1) is 6.92 Å². The number of furan rings is 1. The zero-order chi connectivity index (χ0) is 18.6. The number of rotatable bonds is 5. The van der Waals surface area contributed by atoms with Crippen molar-refractivity contribution in [2.24, 2.45) is 5.10 Å². The van der Waals surface area contributed by atoms with Crippen molar-refractivity contribution in [1.82, 2.24) is 5.01 Å². The van der Waals surface area contributed by atoms with Crippen LogP contribution in [0.3, 0.4) is 0 Å². The van der Waals surface area contributed by atoms with E-state index in [1.807, 2.05) is 12.1 Å². The van der Waals surface area contributed by atoms with Crippen molar-refractivity contribution in [2.45, 2.75) is 45.1 Å². The number of piperidine rings is 1. The van der Waals surface area contributed by atoms with Crippen LogP contribution in [-0.2, 0) is 4.79 Å². The average Bonchev–Trinajstić information content (AvgIpc) is 3.37. The van der Waals surface area contributed by atoms with Crippen molar-refractivity contribution >= 4 is 11.6 Å². The summed E-state index contributed by atoms with van der Waals surface area (Å²) in [5, 5.41) is 6.38. The van der Waals surface area contributed by atoms with Gasteiger partial charge in [0.2, 0.25) is 5.91 Å². The van der Waals surface area contributed by atoms with Gasteiger partial charge in [-0.3, -0.25) is 4.79 Å². The summed E-state index contributed by atoms with van der Waals surface area (Å²) in [6.45, 7) is 5.35. The predicted molar refractivity (Wildman–Crippen MR) is 105 cm³/mol. The minimum Gasteiger partial charge on any atom is -0.467 e. The first-order chi connectivity index (χ1) is 13.2. The number of likely N-dealkylation sites (tertiary alicyclic amines) is 1. The highest BCUT2D eigenvalue weighted by Crippen LogP contribution is 2.33. The Morgan fingerprint density at radius 2 is 1.96 bits per heavy atom. The number of carbonyl (C=O) groups excluding carboxylic acids is 1. The Morgan fingerprint density at radius 3 is 2.67 bits per heavy atom. The van der Waals surface area contributed by atoms with Gasteiger partial charge in [0.15, 0.2) is 0 Å². The molecule has 4 rings (SSSR count). The molecule has 0 spiro atoms. The summed E-state index contributed by atoms with van der Waals surface area (Å²) in [7, 11) is 0. The molecule has 2 aromatic rings. The molecule has 0 aliphatic carbocycles. The molecule has 27 heavy (non-hydrogen) atoms. The highest BCUT2D eigenvalue weighted by molar-refractivity contribution is 6.03. The normalized spacial score (nSPS) is 20.7. The lowest BCUT2D eigenvalue weighted by atomic mass is 10.0. The average molecular weight is 366 g/mol. The smallest absolute Gasteiger partial charge is 0.249 e. The molecular weight excluding hydrogens is 338 g/mol. The summed E-state index contributed by atoms with van der Waals surface area (Å²) in [5.74, 6) is 0.899. The monoisotopic (exact) mass is 366 g/mol. The zero-order valence-corrected chi connectivity index (χ0v) is 16.0. The maximum atomic E-state index is 13.0. The molecule has 5 heteroatoms. The summed E-state index contributed by atoms with van der Waals surface area (Å²) in [4.78, 5) is 14.5. The third-order valence-corrected chi connectivity index (χ3v) is 5.68. The Bertz CT molecular complexity index is 789. The largest absolute Gasteiger partial charge is 0.467 e. The molecular formula is C22H28N3O2+. The quantitative estimate of drug-likeness (QED) is 0.885. The molecule has 1 fully saturated rings. The predicted octanol–water partition coefficient (Wildman–Crippen LogP) is 2.72. The molecule has 5 nitrogen and oxygen atoms in total. The van der Waals surface area contributed by atoms with Gasteiger partial charge in [0.1, 0.15) is 11.8 Å². The number of hydrogen-bond acceptors (Lipinski definition) is 3. The van der Waals surface area contributed by atoms with Gasteiger partial charge in [0.25, 0.3) is 0 Å². The minimum atomic E-state index is -0.139. The fourth-order valence-electron chi connectivity index (χ4n) is 4.06. The second kappa shape index (κ2) is 8.09. The van der Waals surface area contributed by atoms with Gasteiger partial charge in [0.05, 0.1) is 38.0 Å². The number of nitrogens with zero attached hydrogens (tertiary/aromatic N) is 2. The maximum Gasteiger partial charge on any atom is 0.249 e. The van der Waals surface area contributed by atoms with Gasteiger partial charge in [-0.25, -0.2) is 5.01 Å². The van der Waals surface area contributed by atoms with Crippen LogP contribution < -0.4 is 4.90 Å². The lowest BCUT2D eigenvalue weighted by Crippen LogP contribution is -3.12. The molecule has 1 aromatic carbocycles. The van der Waals surface area contributed by atoms with Crippen molar-refractivity contribution in [3.8, 4) is 0 Å². The molecule has 0 unspecified atom stereocenters. The van der Waals surface area contributed by atoms with Gasteiger partial charge in [-0.2, -0.15) is 5.10 Å². The molecule has 1 atom stereocenters. The van der Waals surface area contributed by atoms with E-state index in [4.69, 9.17) is 9.52 Å². The van der Waals surface area contributed by atoms with Crippen molar-refractivity contribution in [1.29, 1.82) is 0 Å². The van der Waals surface area contributed by atoms with E-state index in [9.17, 15) is 4.79 Å². The fourth-order valence-corrected chi connectivity index (χ4v) is 4.06. The second-order valence-corrected chi connectivity index (χ2v) is 7.70. The standard InChI is InChI=1S/C22H27N3O2/c1-17-7-9-18(10-8-17)19-16-20(21-6-5-15-27-21)25(23-19)22(26)11-14-24-12-3-2-4-13-24/h5-10,15,20H,2-4,11-14,16H2,1H3/p+1/t20-/m1/s1. The highest BCUT2D eigenvalue weighted by Gasteiger charge is 2.35. The first-order valence-electron chi connectivity index (χ1n) is 10.0. The van der Waals surface area contributed by atoms with E-state index < -0.39 is 0 Å². The second-order valence-electron chi connectivity index (χ2n) is 7.70. The third-order valence-electron chi connectivity index (χ3n) is 5.68. The van der Waals surface area contributed by atoms with Gasteiger partial charge in [-0.1, -0.05) is 29.8 Å². The first-order valence-corrected chi connectivity index (χ1v) is 10.0. The van der Waals surface area contributed by atoms with Gasteiger partial charge in [0, 0.05) is 6.42 Å². The summed E-state index contributed by atoms with van der Waals surface area (Å²) < 4.78 is 5.62. The number of quaternary nitrogens is 1. The van der Waals surface area contributed by atoms with E-state index in [0.717, 1.165) is 23.6 Å². The highest BCUT2D eigenvalue weighted by atomic mass is 16.3. The first kappa shape index (κ1) is 18.0. The Balaban J connectivity index is 1.50. The molecule has 2 aliphatic heterocycles. The molecule has 1 amide bonds. The van der Waals surface area contributed by atoms with Crippen LogP contribution in [-0.4, -0.2) is 36.3 Å². The zero-order valence-electron chi connectivity index (χ0n) is 16.0. The van der Waals surface area contributed by atoms with Gasteiger partial charge in [-0.15, -0.1) is 0 Å². The SMILES string of the molecule is Cc1ccc(C2=NN(C(=O)CC[NH+]3CCCCC3)[C@@H](c3ccco3)C2)cc1. The van der Waals surface area contributed by atoms with E-state index in [2.05, 4.69) is 31.2 Å². The van der Waals surface area contributed by atoms with Crippen LogP contribution in [0.2, 0.25) is 0 Å². The van der Waals surface area contributed by atoms with Crippen molar-refractivity contribution in [3.63, 3.8) is 0 Å². The lowest BCUT2D eigenvalue weighted by molar-refractivity contribution is -0.904. The van der Waals surface area contributed by atoms with Crippen LogP contribution in [0.25, 0.3) is 0 Å². The van der Waals surface area contributed by atoms with Gasteiger partial charge >= 0.3 is 0 Å². The molecule has 1 saturated heterocycles. The van der Waals surface area contributed by atoms with Gasteiger partial charge < -0.3 is 9.32 Å². The summed E-state index contributed by atoms with van der Waals surface area (Å²) in [5.41, 5.74) is 3.25. The Kier molecular flexibility index (Phi) is 5.39. The summed E-state index contributed by atoms with van der Waals surface area (Å²) >= 11 is 0. The number of benzene rings is 1. The summed E-state index contributed by atoms with van der Waals surface area (Å²) in [6.07, 6.45) is 6.78. The van der Waals surface area contributed by atoms with E-state index >= 15 is 0 Å². The molecule has 0 saturated carbocycles. The number of aryl methyl sites for hydroxylation is 1. The molecule has 142 valence electrons. The van der Waals surface area contributed by atoms with Crippen molar-refractivity contribution < 1.29 is 14.1 Å². The Hall–Kier alpha value is -2.40. The minimum absolute atomic E-state index is 0.0941. The number of amides is 1. The van der Waals surface area contributed by atoms with Gasteiger partial charge in [-0.05, 0) is 43.9 Å². The molecule has 0 bridgehead atoms. The molecule has 3 heterocycles. The van der Waals surface area contributed by atoms with Crippen LogP contribution in [0.1, 0.15) is 55.0 Å². The maximum absolute atomic E-state index is 13.0. The number of hydrogen-bond donors (Lipinski definition) is 1. The Morgan fingerprint density at radius 1 is 1.19 bits per heavy atom. The topological polar surface area (TPSA) is 50.2 Å². The van der Waals surface area contributed by atoms with E-state index in [1.54, 1.807) is 16.2 Å². The summed E-state index contributed by atoms with van der Waals surface area (Å²) in [6, 6.07) is 12.0. The van der Waals surface area contributed by atoms with E-state index in [0.29, 0.717) is 12.8 Å². The fraction of sp³-hybridized carbons (Fsp3) is 0.455. The van der Waals surface area contributed by atoms with Crippen molar-refractivity contribution in [2.75, 3.05) is 19.6 Å². The third kappa shape index (κ3) is 4.14. The van der Waals surface area contributed by atoms with Crippen LogP contribution in [0.4, 0.5) is 0 Å². The molecule has 2 aliphatic rings. The van der Waals surface area contributed by atoms with E-state index in [1.165, 1.54) is 37.9 Å². The Labute approximate surface area is 160 Å². The molecule has 0 radical (unpaired) electrons. The van der Waals surface area contributed by atoms with Crippen LogP contribution in [0.5, 0.6) is 0 Å². The van der Waals surface area contributed by atoms with E-state index in [-0.39, 0.29) is 11.9 Å². The number of nitrogens with one attached hydrogen (secondary N) is 1. The van der Waals surface area contributed by atoms with Crippen LogP contribution >= 0.6 is 0 Å².